The van der Waals surface area contributed by atoms with E-state index >= 15 is 0 Å². The van der Waals surface area contributed by atoms with Crippen LogP contribution in [-0.4, -0.2) is 38.4 Å². The van der Waals surface area contributed by atoms with Gasteiger partial charge in [0, 0.05) is 17.8 Å². The van der Waals surface area contributed by atoms with Gasteiger partial charge in [0.15, 0.2) is 0 Å². The number of benzene rings is 3. The van der Waals surface area contributed by atoms with Crippen LogP contribution in [0.15, 0.2) is 46.6 Å². The SMILES string of the molecule is CC(C)(C)c1cc(CCC2=NN(CCc3cc(C(C)(C)C)c(O)c(C(C)(C)C)c3)N=C(CCc3cc(C(C)(C)C)c(O)c(C(C)(C)C)c3)C2)cc(C(C)(C)C)c1O. The van der Waals surface area contributed by atoms with Gasteiger partial charge in [0.2, 0.25) is 0 Å². The Hall–Kier alpha value is -3.80. The van der Waals surface area contributed by atoms with Crippen LogP contribution < -0.4 is 0 Å². The van der Waals surface area contributed by atoms with Crippen molar-refractivity contribution < 1.29 is 15.3 Å². The predicted molar refractivity (Wildman–Crippen MR) is 243 cm³/mol. The van der Waals surface area contributed by atoms with E-state index in [0.717, 1.165) is 76.9 Å². The smallest absolute Gasteiger partial charge is 0.123 e. The molecule has 57 heavy (non-hydrogen) atoms. The van der Waals surface area contributed by atoms with Crippen molar-refractivity contribution in [3.63, 3.8) is 0 Å². The number of phenolic OH excluding ortho intramolecular Hbond substituents is 3. The molecule has 0 aromatic heterocycles. The largest absolute Gasteiger partial charge is 0.507 e. The van der Waals surface area contributed by atoms with E-state index in [0.29, 0.717) is 30.2 Å². The average molecular weight is 780 g/mol. The highest BCUT2D eigenvalue weighted by Gasteiger charge is 2.30. The molecule has 0 unspecified atom stereocenters. The molecule has 0 bridgehead atoms. The van der Waals surface area contributed by atoms with Crippen LogP contribution in [0.1, 0.15) is 194 Å². The topological polar surface area (TPSA) is 88.7 Å². The quantitative estimate of drug-likeness (QED) is 0.202. The second kappa shape index (κ2) is 16.1. The van der Waals surface area contributed by atoms with Crippen LogP contribution in [-0.2, 0) is 51.8 Å². The Morgan fingerprint density at radius 3 is 0.842 bits per heavy atom. The van der Waals surface area contributed by atoms with Crippen LogP contribution in [0, 0.1) is 0 Å². The first-order chi connectivity index (χ1) is 25.8. The molecule has 0 atom stereocenters. The van der Waals surface area contributed by atoms with Gasteiger partial charge in [0.1, 0.15) is 17.2 Å². The molecule has 1 aliphatic rings. The van der Waals surface area contributed by atoms with Crippen molar-refractivity contribution >= 4 is 11.4 Å². The van der Waals surface area contributed by atoms with Crippen molar-refractivity contribution in [2.75, 3.05) is 6.54 Å². The summed E-state index contributed by atoms with van der Waals surface area (Å²) in [7, 11) is 0. The molecule has 0 aliphatic carbocycles. The van der Waals surface area contributed by atoms with Crippen LogP contribution in [0.3, 0.4) is 0 Å². The molecule has 0 saturated carbocycles. The molecule has 0 spiro atoms. The summed E-state index contributed by atoms with van der Waals surface area (Å²) in [5, 5.41) is 46.4. The van der Waals surface area contributed by atoms with E-state index in [4.69, 9.17) is 10.2 Å². The molecule has 0 fully saturated rings. The van der Waals surface area contributed by atoms with Crippen molar-refractivity contribution in [1.82, 2.24) is 5.12 Å². The fourth-order valence-electron chi connectivity index (χ4n) is 7.78. The van der Waals surface area contributed by atoms with Crippen molar-refractivity contribution in [1.29, 1.82) is 0 Å². The van der Waals surface area contributed by atoms with Gasteiger partial charge in [-0.2, -0.15) is 15.3 Å². The van der Waals surface area contributed by atoms with Gasteiger partial charge in [-0.15, -0.1) is 0 Å². The Labute approximate surface area is 346 Å². The van der Waals surface area contributed by atoms with E-state index in [2.05, 4.69) is 161 Å². The zero-order chi connectivity index (χ0) is 43.3. The lowest BCUT2D eigenvalue weighted by Gasteiger charge is -2.29. The third kappa shape index (κ3) is 11.4. The molecular formula is C51H77N3O3. The Kier molecular flexibility index (Phi) is 13.0. The summed E-state index contributed by atoms with van der Waals surface area (Å²) in [5.41, 5.74) is 10.5. The maximum Gasteiger partial charge on any atom is 0.123 e. The van der Waals surface area contributed by atoms with Gasteiger partial charge in [-0.1, -0.05) is 161 Å². The summed E-state index contributed by atoms with van der Waals surface area (Å²) < 4.78 is 0. The van der Waals surface area contributed by atoms with Gasteiger partial charge in [-0.25, -0.2) is 0 Å². The molecule has 0 amide bonds. The van der Waals surface area contributed by atoms with Crippen LogP contribution in [0.25, 0.3) is 0 Å². The number of nitrogens with zero attached hydrogens (tertiary/aromatic N) is 3. The van der Waals surface area contributed by atoms with Gasteiger partial charge in [-0.3, -0.25) is 0 Å². The third-order valence-electron chi connectivity index (χ3n) is 11.3. The lowest BCUT2D eigenvalue weighted by molar-refractivity contribution is 0.300. The number of phenols is 3. The van der Waals surface area contributed by atoms with Gasteiger partial charge in [0.25, 0.3) is 0 Å². The Morgan fingerprint density at radius 2 is 0.614 bits per heavy atom. The molecule has 3 aromatic carbocycles. The lowest BCUT2D eigenvalue weighted by Crippen LogP contribution is -2.26. The number of aryl methyl sites for hydroxylation is 2. The minimum Gasteiger partial charge on any atom is -0.507 e. The molecule has 314 valence electrons. The summed E-state index contributed by atoms with van der Waals surface area (Å²) in [6.07, 6.45) is 4.66. The predicted octanol–water partition coefficient (Wildman–Crippen LogP) is 12.8. The van der Waals surface area contributed by atoms with Crippen molar-refractivity contribution in [2.24, 2.45) is 10.2 Å². The van der Waals surface area contributed by atoms with Crippen molar-refractivity contribution in [3.8, 4) is 17.2 Å². The highest BCUT2D eigenvalue weighted by Crippen LogP contribution is 2.43. The average Bonchev–Trinajstić information content (AvgIpc) is 3.03. The van der Waals surface area contributed by atoms with E-state index in [1.54, 1.807) is 0 Å². The number of hydrogen-bond donors (Lipinski definition) is 3. The molecule has 6 nitrogen and oxygen atoms in total. The molecular weight excluding hydrogens is 703 g/mol. The van der Waals surface area contributed by atoms with E-state index in [9.17, 15) is 15.3 Å². The molecule has 1 aliphatic heterocycles. The lowest BCUT2D eigenvalue weighted by atomic mass is 9.78. The zero-order valence-electron chi connectivity index (χ0n) is 39.1. The summed E-state index contributed by atoms with van der Waals surface area (Å²) in [5.74, 6) is 1.21. The molecule has 0 radical (unpaired) electrons. The van der Waals surface area contributed by atoms with Gasteiger partial charge in [0.05, 0.1) is 6.54 Å². The normalized spacial score (nSPS) is 14.9. The van der Waals surface area contributed by atoms with E-state index < -0.39 is 0 Å². The monoisotopic (exact) mass is 780 g/mol. The third-order valence-corrected chi connectivity index (χ3v) is 11.3. The second-order valence-corrected chi connectivity index (χ2v) is 23.0. The first-order valence-corrected chi connectivity index (χ1v) is 21.3. The van der Waals surface area contributed by atoms with Gasteiger partial charge in [-0.05, 0) is 115 Å². The molecule has 3 aromatic rings. The number of aromatic hydroxyl groups is 3. The van der Waals surface area contributed by atoms with Crippen LogP contribution >= 0.6 is 0 Å². The van der Waals surface area contributed by atoms with E-state index in [-0.39, 0.29) is 32.5 Å². The highest BCUT2D eigenvalue weighted by atomic mass is 16.3. The Balaban J connectivity index is 1.71. The second-order valence-electron chi connectivity index (χ2n) is 23.0. The number of hydrogen-bond acceptors (Lipinski definition) is 6. The van der Waals surface area contributed by atoms with Gasteiger partial charge < -0.3 is 15.3 Å². The molecule has 0 saturated heterocycles. The zero-order valence-corrected chi connectivity index (χ0v) is 39.1. The first kappa shape index (κ1) is 45.9. The summed E-state index contributed by atoms with van der Waals surface area (Å²) in [6, 6.07) is 13.1. The van der Waals surface area contributed by atoms with Crippen molar-refractivity contribution in [3.05, 3.63) is 86.5 Å². The maximum atomic E-state index is 11.4. The fourth-order valence-corrected chi connectivity index (χ4v) is 7.78. The molecule has 4 rings (SSSR count). The standard InChI is InChI=1S/C51H77N3O3/c1-46(2,3)37-25-32(26-38(43(37)55)47(4,5)6)19-21-35-31-36(22-20-33-27-39(48(7,8)9)44(56)40(28-33)49(10,11)12)53-54(52-35)24-23-34-29-41(50(13,14)15)45(57)42(30-34)51(16,17)18/h25-30,55-57H,19-24,31H2,1-18H3. The van der Waals surface area contributed by atoms with E-state index in [1.807, 2.05) is 5.12 Å². The Bertz CT molecular complexity index is 1780. The molecule has 3 N–H and O–H groups in total. The fraction of sp³-hybridized carbons (Fsp3) is 0.608. The Morgan fingerprint density at radius 1 is 0.386 bits per heavy atom. The first-order valence-electron chi connectivity index (χ1n) is 21.3. The highest BCUT2D eigenvalue weighted by molar-refractivity contribution is 6.05. The minimum atomic E-state index is -0.205. The summed E-state index contributed by atoms with van der Waals surface area (Å²) >= 11 is 0. The van der Waals surface area contributed by atoms with Gasteiger partial charge >= 0.3 is 0 Å². The molecule has 1 heterocycles. The number of hydrazone groups is 2. The summed E-state index contributed by atoms with van der Waals surface area (Å²) in [4.78, 5) is 0. The number of rotatable bonds is 9. The molecule has 6 heteroatoms. The summed E-state index contributed by atoms with van der Waals surface area (Å²) in [6.45, 7) is 39.5. The maximum absolute atomic E-state index is 11.4. The van der Waals surface area contributed by atoms with E-state index in [1.165, 1.54) is 16.7 Å². The van der Waals surface area contributed by atoms with Crippen molar-refractivity contribution in [2.45, 2.75) is 196 Å². The minimum absolute atomic E-state index is 0.193. The van der Waals surface area contributed by atoms with Crippen LogP contribution in [0.5, 0.6) is 17.2 Å². The van der Waals surface area contributed by atoms with Crippen LogP contribution in [0.4, 0.5) is 0 Å². The van der Waals surface area contributed by atoms with Crippen LogP contribution in [0.2, 0.25) is 0 Å².